The van der Waals surface area contributed by atoms with Crippen LogP contribution in [0.4, 0.5) is 10.1 Å². The van der Waals surface area contributed by atoms with E-state index in [0.29, 0.717) is 17.1 Å². The number of rotatable bonds is 4. The Labute approximate surface area is 121 Å². The molecule has 0 saturated heterocycles. The molecule has 0 aliphatic carbocycles. The number of hydrogen-bond donors (Lipinski definition) is 1. The summed E-state index contributed by atoms with van der Waals surface area (Å²) < 4.78 is 15.7. The van der Waals surface area contributed by atoms with Gasteiger partial charge in [0.15, 0.2) is 0 Å². The Hall–Kier alpha value is -1.36. The van der Waals surface area contributed by atoms with E-state index in [1.165, 1.54) is 6.07 Å². The van der Waals surface area contributed by atoms with Gasteiger partial charge in [0.25, 0.3) is 0 Å². The molecule has 0 fully saturated rings. The minimum atomic E-state index is -0.243. The lowest BCUT2D eigenvalue weighted by Crippen LogP contribution is -2.05. The Morgan fingerprint density at radius 1 is 1.42 bits per heavy atom. The van der Waals surface area contributed by atoms with E-state index in [1.807, 2.05) is 23.9 Å². The van der Waals surface area contributed by atoms with Gasteiger partial charge in [-0.2, -0.15) is 5.10 Å². The lowest BCUT2D eigenvalue weighted by Gasteiger charge is -2.09. The van der Waals surface area contributed by atoms with Gasteiger partial charge in [0.05, 0.1) is 16.7 Å². The molecule has 0 radical (unpaired) electrons. The molecule has 5 heteroatoms. The quantitative estimate of drug-likeness (QED) is 0.908. The zero-order valence-electron chi connectivity index (χ0n) is 11.2. The average Bonchev–Trinajstić information content (AvgIpc) is 2.81. The minimum Gasteiger partial charge on any atom is -0.379 e. The number of nitrogens with one attached hydrogen (secondary N) is 1. The number of aromatic nitrogens is 2. The van der Waals surface area contributed by atoms with E-state index in [-0.39, 0.29) is 5.82 Å². The van der Waals surface area contributed by atoms with E-state index >= 15 is 0 Å². The number of nitrogens with zero attached hydrogens (tertiary/aromatic N) is 2. The van der Waals surface area contributed by atoms with Crippen LogP contribution in [-0.2, 0) is 6.54 Å². The third kappa shape index (κ3) is 3.35. The van der Waals surface area contributed by atoms with Crippen molar-refractivity contribution in [1.82, 2.24) is 9.78 Å². The molecule has 0 aliphatic rings. The van der Waals surface area contributed by atoms with Crippen molar-refractivity contribution in [1.29, 1.82) is 0 Å². The topological polar surface area (TPSA) is 29.9 Å². The number of hydrogen-bond acceptors (Lipinski definition) is 2. The van der Waals surface area contributed by atoms with Gasteiger partial charge in [0.2, 0.25) is 0 Å². The zero-order valence-corrected chi connectivity index (χ0v) is 12.8. The van der Waals surface area contributed by atoms with Gasteiger partial charge in [-0.3, -0.25) is 4.68 Å². The Morgan fingerprint density at radius 3 is 2.79 bits per heavy atom. The first-order valence-electron chi connectivity index (χ1n) is 6.21. The standard InChI is InChI=1S/C14H17BrFN3/c1-9(2)19-5-4-11(18-19)8-17-14-7-12(15)13(16)6-10(14)3/h4-7,9,17H,8H2,1-3H3. The van der Waals surface area contributed by atoms with Crippen molar-refractivity contribution in [2.24, 2.45) is 0 Å². The summed E-state index contributed by atoms with van der Waals surface area (Å²) in [5.41, 5.74) is 2.75. The average molecular weight is 326 g/mol. The van der Waals surface area contributed by atoms with Crippen molar-refractivity contribution in [3.8, 4) is 0 Å². The molecule has 0 saturated carbocycles. The van der Waals surface area contributed by atoms with Gasteiger partial charge < -0.3 is 5.32 Å². The van der Waals surface area contributed by atoms with E-state index in [9.17, 15) is 4.39 Å². The van der Waals surface area contributed by atoms with E-state index in [0.717, 1.165) is 16.9 Å². The molecule has 2 rings (SSSR count). The van der Waals surface area contributed by atoms with Crippen molar-refractivity contribution in [2.45, 2.75) is 33.4 Å². The molecule has 1 N–H and O–H groups in total. The van der Waals surface area contributed by atoms with E-state index < -0.39 is 0 Å². The van der Waals surface area contributed by atoms with Crippen LogP contribution in [0.5, 0.6) is 0 Å². The van der Waals surface area contributed by atoms with Gasteiger partial charge in [-0.25, -0.2) is 4.39 Å². The number of benzene rings is 1. The molecule has 2 aromatic rings. The fourth-order valence-corrected chi connectivity index (χ4v) is 2.13. The normalized spacial score (nSPS) is 11.1. The van der Waals surface area contributed by atoms with Gasteiger partial charge in [0.1, 0.15) is 5.82 Å². The van der Waals surface area contributed by atoms with Crippen LogP contribution in [0.25, 0.3) is 0 Å². The first-order valence-corrected chi connectivity index (χ1v) is 7.00. The summed E-state index contributed by atoms with van der Waals surface area (Å²) in [4.78, 5) is 0. The van der Waals surface area contributed by atoms with Crippen LogP contribution in [0, 0.1) is 12.7 Å². The smallest absolute Gasteiger partial charge is 0.137 e. The Balaban J connectivity index is 2.07. The predicted octanol–water partition coefficient (Wildman–Crippen LogP) is 4.29. The van der Waals surface area contributed by atoms with E-state index in [4.69, 9.17) is 0 Å². The van der Waals surface area contributed by atoms with Gasteiger partial charge in [-0.05, 0) is 60.5 Å². The second kappa shape index (κ2) is 5.74. The second-order valence-electron chi connectivity index (χ2n) is 4.82. The number of aryl methyl sites for hydroxylation is 1. The lowest BCUT2D eigenvalue weighted by atomic mass is 10.2. The fourth-order valence-electron chi connectivity index (χ4n) is 1.78. The molecule has 19 heavy (non-hydrogen) atoms. The summed E-state index contributed by atoms with van der Waals surface area (Å²) in [5, 5.41) is 7.74. The maximum atomic E-state index is 13.3. The Kier molecular flexibility index (Phi) is 4.24. The molecule has 0 amide bonds. The van der Waals surface area contributed by atoms with Crippen molar-refractivity contribution in [3.05, 3.63) is 45.9 Å². The first kappa shape index (κ1) is 14.1. The third-order valence-electron chi connectivity index (χ3n) is 2.92. The predicted molar refractivity (Wildman–Crippen MR) is 78.8 cm³/mol. The molecule has 3 nitrogen and oxygen atoms in total. The highest BCUT2D eigenvalue weighted by molar-refractivity contribution is 9.10. The largest absolute Gasteiger partial charge is 0.379 e. The Morgan fingerprint density at radius 2 is 2.16 bits per heavy atom. The van der Waals surface area contributed by atoms with Crippen LogP contribution in [0.15, 0.2) is 28.9 Å². The van der Waals surface area contributed by atoms with Gasteiger partial charge in [-0.15, -0.1) is 0 Å². The van der Waals surface area contributed by atoms with Gasteiger partial charge >= 0.3 is 0 Å². The number of anilines is 1. The zero-order chi connectivity index (χ0) is 14.0. The van der Waals surface area contributed by atoms with Crippen LogP contribution in [0.2, 0.25) is 0 Å². The Bertz CT molecular complexity index is 578. The summed E-state index contributed by atoms with van der Waals surface area (Å²) in [7, 11) is 0. The monoisotopic (exact) mass is 325 g/mol. The van der Waals surface area contributed by atoms with Crippen molar-refractivity contribution < 1.29 is 4.39 Å². The summed E-state index contributed by atoms with van der Waals surface area (Å²) >= 11 is 3.19. The molecule has 0 aliphatic heterocycles. The third-order valence-corrected chi connectivity index (χ3v) is 3.53. The van der Waals surface area contributed by atoms with E-state index in [1.54, 1.807) is 6.07 Å². The van der Waals surface area contributed by atoms with Crippen LogP contribution in [-0.4, -0.2) is 9.78 Å². The summed E-state index contributed by atoms with van der Waals surface area (Å²) in [6.45, 7) is 6.68. The molecule has 0 spiro atoms. The highest BCUT2D eigenvalue weighted by Crippen LogP contribution is 2.24. The van der Waals surface area contributed by atoms with Crippen molar-refractivity contribution in [2.75, 3.05) is 5.32 Å². The summed E-state index contributed by atoms with van der Waals surface area (Å²) in [6.07, 6.45) is 1.97. The van der Waals surface area contributed by atoms with Gasteiger partial charge in [0, 0.05) is 17.9 Å². The maximum absolute atomic E-state index is 13.3. The van der Waals surface area contributed by atoms with Crippen LogP contribution in [0.1, 0.15) is 31.1 Å². The highest BCUT2D eigenvalue weighted by atomic mass is 79.9. The fraction of sp³-hybridized carbons (Fsp3) is 0.357. The van der Waals surface area contributed by atoms with Crippen LogP contribution < -0.4 is 5.32 Å². The molecule has 0 unspecified atom stereocenters. The summed E-state index contributed by atoms with van der Waals surface area (Å²) in [5.74, 6) is -0.243. The molecular formula is C14H17BrFN3. The van der Waals surface area contributed by atoms with Crippen LogP contribution in [0.3, 0.4) is 0 Å². The molecule has 1 heterocycles. The van der Waals surface area contributed by atoms with E-state index in [2.05, 4.69) is 40.2 Å². The molecular weight excluding hydrogens is 309 g/mol. The van der Waals surface area contributed by atoms with Crippen LogP contribution >= 0.6 is 15.9 Å². The molecule has 1 aromatic heterocycles. The molecule has 0 bridgehead atoms. The molecule has 0 atom stereocenters. The lowest BCUT2D eigenvalue weighted by molar-refractivity contribution is 0.527. The van der Waals surface area contributed by atoms with Crippen molar-refractivity contribution >= 4 is 21.6 Å². The first-order chi connectivity index (χ1) is 8.97. The maximum Gasteiger partial charge on any atom is 0.137 e. The van der Waals surface area contributed by atoms with Gasteiger partial charge in [-0.1, -0.05) is 0 Å². The van der Waals surface area contributed by atoms with Crippen molar-refractivity contribution in [3.63, 3.8) is 0 Å². The summed E-state index contributed by atoms with van der Waals surface area (Å²) in [6, 6.07) is 5.61. The highest BCUT2D eigenvalue weighted by Gasteiger charge is 2.06. The SMILES string of the molecule is Cc1cc(F)c(Br)cc1NCc1ccn(C(C)C)n1. The minimum absolute atomic E-state index is 0.243. The second-order valence-corrected chi connectivity index (χ2v) is 5.67. The molecule has 102 valence electrons. The molecule has 1 aromatic carbocycles. The number of halogens is 2.